The van der Waals surface area contributed by atoms with Gasteiger partial charge in [0, 0.05) is 6.42 Å². The molecule has 3 rings (SSSR count). The van der Waals surface area contributed by atoms with Gasteiger partial charge in [0.15, 0.2) is 18.9 Å². The normalized spacial score (nSPS) is 44.6. The molecule has 3 fully saturated rings. The molecule has 3 aliphatic heterocycles. The Kier molecular flexibility index (Phi) is 11.9. The summed E-state index contributed by atoms with van der Waals surface area (Å²) in [6.45, 7) is 8.72. The predicted molar refractivity (Wildman–Crippen MR) is 137 cm³/mol. The lowest BCUT2D eigenvalue weighted by Crippen LogP contribution is -2.66. The van der Waals surface area contributed by atoms with Gasteiger partial charge < -0.3 is 74.0 Å². The molecule has 3 heterocycles. The summed E-state index contributed by atoms with van der Waals surface area (Å²) >= 11 is 0. The van der Waals surface area contributed by atoms with Crippen molar-refractivity contribution >= 4 is 0 Å². The lowest BCUT2D eigenvalue weighted by atomic mass is 9.96. The summed E-state index contributed by atoms with van der Waals surface area (Å²) in [4.78, 5) is 0. The van der Waals surface area contributed by atoms with Crippen molar-refractivity contribution in [3.8, 4) is 0 Å². The van der Waals surface area contributed by atoms with E-state index in [1.54, 1.807) is 41.5 Å². The molecule has 0 aromatic carbocycles. The van der Waals surface area contributed by atoms with Crippen molar-refractivity contribution in [1.29, 1.82) is 0 Å². The molecule has 15 heteroatoms. The van der Waals surface area contributed by atoms with E-state index in [2.05, 4.69) is 0 Å². The van der Waals surface area contributed by atoms with E-state index < -0.39 is 117 Å². The van der Waals surface area contributed by atoms with E-state index in [0.29, 0.717) is 0 Å². The van der Waals surface area contributed by atoms with E-state index in [-0.39, 0.29) is 6.42 Å². The van der Waals surface area contributed by atoms with Gasteiger partial charge >= 0.3 is 0 Å². The monoisotopic (exact) mass is 600 g/mol. The molecule has 0 aromatic rings. The van der Waals surface area contributed by atoms with Crippen LogP contribution in [-0.4, -0.2) is 158 Å². The van der Waals surface area contributed by atoms with Gasteiger partial charge in [0.2, 0.25) is 0 Å². The molecule has 0 aromatic heterocycles. The zero-order valence-corrected chi connectivity index (χ0v) is 24.3. The molecular formula is C26H48O15. The predicted octanol–water partition coefficient (Wildman–Crippen LogP) is -2.90. The fourth-order valence-corrected chi connectivity index (χ4v) is 5.06. The third-order valence-electron chi connectivity index (χ3n) is 6.88. The van der Waals surface area contributed by atoms with Crippen molar-refractivity contribution in [1.82, 2.24) is 0 Å². The molecule has 0 saturated carbocycles. The average Bonchev–Trinajstić information content (AvgIpc) is 2.87. The van der Waals surface area contributed by atoms with E-state index in [1.807, 2.05) is 0 Å². The number of ether oxygens (including phenoxy) is 7. The highest BCUT2D eigenvalue weighted by Crippen LogP contribution is 2.34. The summed E-state index contributed by atoms with van der Waals surface area (Å²) in [5.74, 6) is 0. The van der Waals surface area contributed by atoms with Crippen LogP contribution in [0.5, 0.6) is 0 Å². The Morgan fingerprint density at radius 2 is 0.976 bits per heavy atom. The van der Waals surface area contributed by atoms with E-state index in [0.717, 1.165) is 0 Å². The lowest BCUT2D eigenvalue weighted by molar-refractivity contribution is -0.377. The number of hydrogen-bond donors (Lipinski definition) is 8. The van der Waals surface area contributed by atoms with Gasteiger partial charge in [-0.2, -0.15) is 0 Å². The maximum atomic E-state index is 10.9. The van der Waals surface area contributed by atoms with Gasteiger partial charge in [-0.05, 0) is 41.5 Å². The van der Waals surface area contributed by atoms with Gasteiger partial charge in [0.25, 0.3) is 0 Å². The van der Waals surface area contributed by atoms with Crippen LogP contribution in [0.25, 0.3) is 0 Å². The van der Waals surface area contributed by atoms with Crippen molar-refractivity contribution in [3.63, 3.8) is 0 Å². The van der Waals surface area contributed by atoms with Crippen LogP contribution in [-0.2, 0) is 33.2 Å². The molecule has 0 radical (unpaired) electrons. The van der Waals surface area contributed by atoms with Crippen molar-refractivity contribution in [2.24, 2.45) is 0 Å². The SMILES string of the molecule is CC(C)(C)OC1CC(O)C(OC2OC(CO)C(OC3OC(CO)C(OC(C)(C)C)C(O)C3O)C(O)C2O)C(CO)O1. The van der Waals surface area contributed by atoms with Gasteiger partial charge in [0.1, 0.15) is 61.0 Å². The van der Waals surface area contributed by atoms with Crippen LogP contribution < -0.4 is 0 Å². The van der Waals surface area contributed by atoms with Crippen LogP contribution in [0.2, 0.25) is 0 Å². The van der Waals surface area contributed by atoms with E-state index in [1.165, 1.54) is 0 Å². The van der Waals surface area contributed by atoms with Crippen molar-refractivity contribution in [2.45, 2.75) is 145 Å². The first-order chi connectivity index (χ1) is 19.0. The van der Waals surface area contributed by atoms with E-state index >= 15 is 0 Å². The van der Waals surface area contributed by atoms with Gasteiger partial charge in [-0.15, -0.1) is 0 Å². The second kappa shape index (κ2) is 14.0. The molecule has 3 saturated heterocycles. The van der Waals surface area contributed by atoms with Crippen LogP contribution in [0, 0.1) is 0 Å². The Labute approximate surface area is 239 Å². The first kappa shape index (κ1) is 34.9. The molecule has 14 unspecified atom stereocenters. The fourth-order valence-electron chi connectivity index (χ4n) is 5.06. The summed E-state index contributed by atoms with van der Waals surface area (Å²) in [5, 5.41) is 83.6. The van der Waals surface area contributed by atoms with Crippen LogP contribution >= 0.6 is 0 Å². The number of rotatable bonds is 9. The van der Waals surface area contributed by atoms with E-state index in [4.69, 9.17) is 33.2 Å². The molecule has 0 amide bonds. The maximum Gasteiger partial charge on any atom is 0.187 e. The fraction of sp³-hybridized carbons (Fsp3) is 1.00. The zero-order chi connectivity index (χ0) is 30.9. The lowest BCUT2D eigenvalue weighted by Gasteiger charge is -2.48. The van der Waals surface area contributed by atoms with Gasteiger partial charge in [0.05, 0.1) is 37.1 Å². The average molecular weight is 601 g/mol. The number of hydrogen-bond acceptors (Lipinski definition) is 15. The molecule has 3 aliphatic rings. The molecule has 0 spiro atoms. The minimum atomic E-state index is -1.78. The standard InChI is InChI=1S/C26H48O15/c1-25(2,3)40-15-7-11(30)20(12(8-27)35-15)38-23-18(33)16(31)21(13(9-28)36-23)39-24-19(34)17(32)22(14(10-29)37-24)41-26(4,5)6/h11-24,27-34H,7-10H2,1-6H3. The van der Waals surface area contributed by atoms with Gasteiger partial charge in [-0.25, -0.2) is 0 Å². The van der Waals surface area contributed by atoms with Crippen molar-refractivity contribution < 1.29 is 74.0 Å². The molecule has 8 N–H and O–H groups in total. The highest BCUT2D eigenvalue weighted by molar-refractivity contribution is 4.96. The van der Waals surface area contributed by atoms with Crippen molar-refractivity contribution in [3.05, 3.63) is 0 Å². The van der Waals surface area contributed by atoms with Crippen LogP contribution in [0.4, 0.5) is 0 Å². The first-order valence-corrected chi connectivity index (χ1v) is 13.9. The molecule has 14 atom stereocenters. The first-order valence-electron chi connectivity index (χ1n) is 13.9. The highest BCUT2D eigenvalue weighted by atomic mass is 16.8. The van der Waals surface area contributed by atoms with Crippen LogP contribution in [0.1, 0.15) is 48.0 Å². The molecule has 242 valence electrons. The Bertz CT molecular complexity index is 799. The topological polar surface area (TPSA) is 226 Å². The number of aliphatic hydroxyl groups excluding tert-OH is 8. The van der Waals surface area contributed by atoms with E-state index in [9.17, 15) is 40.9 Å². The third-order valence-corrected chi connectivity index (χ3v) is 6.88. The summed E-state index contributed by atoms with van der Waals surface area (Å²) in [5.41, 5.74) is -1.32. The second-order valence-electron chi connectivity index (χ2n) is 12.6. The Balaban J connectivity index is 1.69. The molecule has 41 heavy (non-hydrogen) atoms. The number of aliphatic hydroxyl groups is 8. The summed E-state index contributed by atoms with van der Waals surface area (Å²) in [6.07, 6.45) is -19.3. The minimum Gasteiger partial charge on any atom is -0.394 e. The summed E-state index contributed by atoms with van der Waals surface area (Å²) < 4.78 is 40.0. The zero-order valence-electron chi connectivity index (χ0n) is 24.3. The van der Waals surface area contributed by atoms with Gasteiger partial charge in [-0.3, -0.25) is 0 Å². The second-order valence-corrected chi connectivity index (χ2v) is 12.6. The van der Waals surface area contributed by atoms with Crippen molar-refractivity contribution in [2.75, 3.05) is 19.8 Å². The molecule has 0 bridgehead atoms. The quantitative estimate of drug-likeness (QED) is 0.133. The Morgan fingerprint density at radius 1 is 0.561 bits per heavy atom. The third kappa shape index (κ3) is 8.74. The summed E-state index contributed by atoms with van der Waals surface area (Å²) in [6, 6.07) is 0. The molecule has 15 nitrogen and oxygen atoms in total. The van der Waals surface area contributed by atoms with Crippen LogP contribution in [0.3, 0.4) is 0 Å². The Morgan fingerprint density at radius 3 is 1.44 bits per heavy atom. The Hall–Kier alpha value is -0.600. The molecule has 0 aliphatic carbocycles. The van der Waals surface area contributed by atoms with Gasteiger partial charge in [-0.1, -0.05) is 0 Å². The minimum absolute atomic E-state index is 0.00977. The summed E-state index contributed by atoms with van der Waals surface area (Å²) in [7, 11) is 0. The van der Waals surface area contributed by atoms with Crippen LogP contribution in [0.15, 0.2) is 0 Å². The maximum absolute atomic E-state index is 10.9. The highest BCUT2D eigenvalue weighted by Gasteiger charge is 2.53. The largest absolute Gasteiger partial charge is 0.394 e. The molecular weight excluding hydrogens is 552 g/mol. The smallest absolute Gasteiger partial charge is 0.187 e.